The normalized spacial score (nSPS) is 19.5. The van der Waals surface area contributed by atoms with Gasteiger partial charge < -0.3 is 16.0 Å². The Morgan fingerprint density at radius 3 is 2.88 bits per heavy atom. The molecule has 0 amide bonds. The first kappa shape index (κ1) is 22.6. The van der Waals surface area contributed by atoms with Gasteiger partial charge in [-0.15, -0.1) is 11.3 Å². The fraction of sp³-hybridized carbons (Fsp3) is 0.348. The lowest BCUT2D eigenvalue weighted by Gasteiger charge is -2.37. The number of aromatic amines is 1. The van der Waals surface area contributed by atoms with Crippen molar-refractivity contribution in [2.24, 2.45) is 5.73 Å². The molecule has 3 aromatic heterocycles. The van der Waals surface area contributed by atoms with Crippen LogP contribution in [-0.4, -0.2) is 51.2 Å². The number of nitriles is 1. The molecule has 34 heavy (non-hydrogen) atoms. The van der Waals surface area contributed by atoms with Crippen LogP contribution in [0.25, 0.3) is 21.1 Å². The summed E-state index contributed by atoms with van der Waals surface area (Å²) in [6, 6.07) is 11.4. The average Bonchev–Trinajstić information content (AvgIpc) is 3.37. The fourth-order valence-corrected chi connectivity index (χ4v) is 5.48. The van der Waals surface area contributed by atoms with Crippen molar-refractivity contribution in [2.45, 2.75) is 37.6 Å². The van der Waals surface area contributed by atoms with E-state index in [0.29, 0.717) is 28.3 Å². The standard InChI is InChI=1S/C23H22F3N7S/c24-23(25,26)8-16-7-17-21(29-12-30-22(17)34-16)32-20-3-4-33(11-18(20)28)10-13-1-2-19-14(5-13)6-15(9-27)31-19/h1-2,5-7,12,18,20,31H,3-4,8,10-11,28H2,(H,29,30,32)/t18-,20-/m0/s1. The molecule has 1 fully saturated rings. The minimum Gasteiger partial charge on any atom is -0.365 e. The number of benzene rings is 1. The van der Waals surface area contributed by atoms with Crippen LogP contribution in [0.5, 0.6) is 0 Å². The van der Waals surface area contributed by atoms with Gasteiger partial charge in [0.15, 0.2) is 0 Å². The number of nitrogens with two attached hydrogens (primary N) is 1. The van der Waals surface area contributed by atoms with Gasteiger partial charge in [-0.3, -0.25) is 4.90 Å². The van der Waals surface area contributed by atoms with E-state index in [1.54, 1.807) is 0 Å². The molecule has 0 radical (unpaired) electrons. The van der Waals surface area contributed by atoms with Gasteiger partial charge in [0.05, 0.1) is 11.8 Å². The highest BCUT2D eigenvalue weighted by Crippen LogP contribution is 2.33. The number of H-pyrrole nitrogens is 1. The van der Waals surface area contributed by atoms with Crippen LogP contribution in [0.4, 0.5) is 19.0 Å². The third kappa shape index (κ3) is 4.84. The third-order valence-electron chi connectivity index (χ3n) is 6.03. The second kappa shape index (κ2) is 8.87. The van der Waals surface area contributed by atoms with Crippen LogP contribution in [0.1, 0.15) is 22.6 Å². The average molecular weight is 486 g/mol. The predicted octanol–water partition coefficient (Wildman–Crippen LogP) is 4.16. The highest BCUT2D eigenvalue weighted by molar-refractivity contribution is 7.18. The number of fused-ring (bicyclic) bond motifs is 2. The summed E-state index contributed by atoms with van der Waals surface area (Å²) in [5.74, 6) is 0.523. The zero-order valence-corrected chi connectivity index (χ0v) is 18.9. The number of aromatic nitrogens is 3. The molecule has 4 heterocycles. The van der Waals surface area contributed by atoms with Crippen LogP contribution in [0, 0.1) is 11.3 Å². The summed E-state index contributed by atoms with van der Waals surface area (Å²) < 4.78 is 38.4. The molecule has 1 aromatic carbocycles. The molecular weight excluding hydrogens is 463 g/mol. The van der Waals surface area contributed by atoms with Crippen LogP contribution in [-0.2, 0) is 13.0 Å². The number of rotatable bonds is 5. The summed E-state index contributed by atoms with van der Waals surface area (Å²) in [5.41, 5.74) is 9.09. The Labute approximate surface area is 197 Å². The minimum atomic E-state index is -4.26. The summed E-state index contributed by atoms with van der Waals surface area (Å²) in [6.07, 6.45) is -3.09. The van der Waals surface area contributed by atoms with Crippen molar-refractivity contribution in [1.29, 1.82) is 5.26 Å². The molecule has 0 spiro atoms. The van der Waals surface area contributed by atoms with Gasteiger partial charge >= 0.3 is 6.18 Å². The molecule has 11 heteroatoms. The number of halogens is 3. The molecule has 0 bridgehead atoms. The van der Waals surface area contributed by atoms with Crippen molar-refractivity contribution in [2.75, 3.05) is 18.4 Å². The molecule has 1 aliphatic rings. The van der Waals surface area contributed by atoms with Crippen LogP contribution < -0.4 is 11.1 Å². The van der Waals surface area contributed by atoms with E-state index in [-0.39, 0.29) is 17.0 Å². The molecule has 176 valence electrons. The number of nitrogens with zero attached hydrogens (tertiary/aromatic N) is 4. The first-order valence-electron chi connectivity index (χ1n) is 10.8. The van der Waals surface area contributed by atoms with Gasteiger partial charge in [0.1, 0.15) is 28.7 Å². The number of thiophene rings is 1. The molecule has 5 rings (SSSR count). The highest BCUT2D eigenvalue weighted by atomic mass is 32.1. The molecule has 0 unspecified atom stereocenters. The maximum absolute atomic E-state index is 12.8. The SMILES string of the molecule is N#Cc1cc2cc(CN3CC[C@H](Nc4ncnc5sc(CC(F)(F)F)cc45)[C@@H](N)C3)ccc2[nH]1. The number of nitrogens with one attached hydrogen (secondary N) is 2. The molecule has 1 aliphatic heterocycles. The Morgan fingerprint density at radius 1 is 1.26 bits per heavy atom. The van der Waals surface area contributed by atoms with Gasteiger partial charge in [-0.1, -0.05) is 6.07 Å². The first-order valence-corrected chi connectivity index (χ1v) is 11.7. The molecule has 7 nitrogen and oxygen atoms in total. The summed E-state index contributed by atoms with van der Waals surface area (Å²) in [4.78, 5) is 14.5. The monoisotopic (exact) mass is 485 g/mol. The largest absolute Gasteiger partial charge is 0.393 e. The number of hydrogen-bond donors (Lipinski definition) is 3. The summed E-state index contributed by atoms with van der Waals surface area (Å²) >= 11 is 1.04. The van der Waals surface area contributed by atoms with Crippen LogP contribution in [0.2, 0.25) is 0 Å². The van der Waals surface area contributed by atoms with Gasteiger partial charge in [-0.05, 0) is 36.2 Å². The second-order valence-electron chi connectivity index (χ2n) is 8.60. The molecule has 4 aromatic rings. The van der Waals surface area contributed by atoms with Gasteiger partial charge in [-0.25, -0.2) is 9.97 Å². The smallest absolute Gasteiger partial charge is 0.365 e. The van der Waals surface area contributed by atoms with Crippen molar-refractivity contribution < 1.29 is 13.2 Å². The van der Waals surface area contributed by atoms with E-state index in [2.05, 4.69) is 37.3 Å². The summed E-state index contributed by atoms with van der Waals surface area (Å²) in [5, 5.41) is 14.0. The Morgan fingerprint density at radius 2 is 2.12 bits per heavy atom. The van der Waals surface area contributed by atoms with Gasteiger partial charge in [0.2, 0.25) is 0 Å². The molecule has 4 N–H and O–H groups in total. The fourth-order valence-electron chi connectivity index (χ4n) is 4.45. The minimum absolute atomic E-state index is 0.0503. The van der Waals surface area contributed by atoms with Crippen molar-refractivity contribution >= 4 is 38.3 Å². The Hall–Kier alpha value is -3.20. The van der Waals surface area contributed by atoms with E-state index >= 15 is 0 Å². The number of anilines is 1. The molecule has 2 atom stereocenters. The topological polar surface area (TPSA) is 107 Å². The van der Waals surface area contributed by atoms with E-state index in [9.17, 15) is 13.2 Å². The second-order valence-corrected chi connectivity index (χ2v) is 9.72. The van der Waals surface area contributed by atoms with E-state index in [1.165, 1.54) is 12.4 Å². The van der Waals surface area contributed by atoms with Crippen molar-refractivity contribution in [3.8, 4) is 6.07 Å². The van der Waals surface area contributed by atoms with Crippen molar-refractivity contribution in [3.05, 3.63) is 52.8 Å². The number of likely N-dealkylation sites (tertiary alicyclic amines) is 1. The molecule has 0 aliphatic carbocycles. The van der Waals surface area contributed by atoms with E-state index in [1.807, 2.05) is 18.2 Å². The molecular formula is C23H22F3N7S. The first-order chi connectivity index (χ1) is 16.3. The lowest BCUT2D eigenvalue weighted by molar-refractivity contribution is -0.126. The third-order valence-corrected chi connectivity index (χ3v) is 7.07. The number of hydrogen-bond acceptors (Lipinski definition) is 7. The Bertz CT molecular complexity index is 1370. The lowest BCUT2D eigenvalue weighted by atomic mass is 9.99. The van der Waals surface area contributed by atoms with Crippen LogP contribution in [0.3, 0.4) is 0 Å². The Kier molecular flexibility index (Phi) is 5.89. The molecule has 0 saturated carbocycles. The van der Waals surface area contributed by atoms with Crippen LogP contribution in [0.15, 0.2) is 36.7 Å². The van der Waals surface area contributed by atoms with Crippen LogP contribution >= 0.6 is 11.3 Å². The van der Waals surface area contributed by atoms with Crippen molar-refractivity contribution in [3.63, 3.8) is 0 Å². The molecule has 1 saturated heterocycles. The highest BCUT2D eigenvalue weighted by Gasteiger charge is 2.30. The summed E-state index contributed by atoms with van der Waals surface area (Å²) in [7, 11) is 0. The van der Waals surface area contributed by atoms with Gasteiger partial charge in [0.25, 0.3) is 0 Å². The number of alkyl halides is 3. The number of piperidine rings is 1. The van der Waals surface area contributed by atoms with Gasteiger partial charge in [0, 0.05) is 47.5 Å². The van der Waals surface area contributed by atoms with E-state index in [4.69, 9.17) is 11.0 Å². The zero-order chi connectivity index (χ0) is 23.9. The lowest BCUT2D eigenvalue weighted by Crippen LogP contribution is -2.53. The van der Waals surface area contributed by atoms with Gasteiger partial charge in [-0.2, -0.15) is 18.4 Å². The van der Waals surface area contributed by atoms with E-state index in [0.717, 1.165) is 47.3 Å². The Balaban J connectivity index is 1.25. The van der Waals surface area contributed by atoms with E-state index < -0.39 is 12.6 Å². The maximum atomic E-state index is 12.8. The quantitative estimate of drug-likeness (QED) is 0.392. The zero-order valence-electron chi connectivity index (χ0n) is 18.1. The maximum Gasteiger partial charge on any atom is 0.393 e. The predicted molar refractivity (Wildman–Crippen MR) is 125 cm³/mol. The van der Waals surface area contributed by atoms with Crippen molar-refractivity contribution in [1.82, 2.24) is 19.9 Å². The summed E-state index contributed by atoms with van der Waals surface area (Å²) in [6.45, 7) is 2.23.